The molecule has 0 unspecified atom stereocenters. The summed E-state index contributed by atoms with van der Waals surface area (Å²) in [5, 5.41) is 0.604. The van der Waals surface area contributed by atoms with Crippen LogP contribution in [0, 0.1) is 5.92 Å². The maximum Gasteiger partial charge on any atom is 0.416 e. The van der Waals surface area contributed by atoms with Gasteiger partial charge in [-0.15, -0.1) is 0 Å². The molecule has 1 saturated heterocycles. The monoisotopic (exact) mass is 407 g/mol. The first kappa shape index (κ1) is 19.1. The summed E-state index contributed by atoms with van der Waals surface area (Å²) in [5.41, 5.74) is -0.667. The van der Waals surface area contributed by atoms with Gasteiger partial charge in [0.05, 0.1) is 5.56 Å². The summed E-state index contributed by atoms with van der Waals surface area (Å²) in [6.45, 7) is 6.17. The van der Waals surface area contributed by atoms with E-state index < -0.39 is 23.4 Å². The molecular weight excluding hydrogens is 387 g/mol. The maximum absolute atomic E-state index is 12.9. The zero-order valence-corrected chi connectivity index (χ0v) is 15.4. The molecule has 1 amide bonds. The Morgan fingerprint density at radius 1 is 1.29 bits per heavy atom. The molecule has 1 fully saturated rings. The highest BCUT2D eigenvalue weighted by Gasteiger charge is 2.38. The molecule has 1 aromatic rings. The predicted molar refractivity (Wildman–Crippen MR) is 89.3 cm³/mol. The van der Waals surface area contributed by atoms with Crippen molar-refractivity contribution in [3.8, 4) is 0 Å². The number of hydrogen-bond acceptors (Lipinski definition) is 2. The van der Waals surface area contributed by atoms with Crippen LogP contribution >= 0.6 is 15.9 Å². The number of halogens is 4. The van der Waals surface area contributed by atoms with E-state index in [2.05, 4.69) is 15.9 Å². The Hall–Kier alpha value is -1.24. The van der Waals surface area contributed by atoms with Gasteiger partial charge in [-0.25, -0.2) is 4.79 Å². The molecule has 2 rings (SSSR count). The minimum atomic E-state index is -4.37. The average molecular weight is 408 g/mol. The van der Waals surface area contributed by atoms with Crippen LogP contribution in [0.25, 0.3) is 0 Å². The van der Waals surface area contributed by atoms with Gasteiger partial charge in [-0.2, -0.15) is 13.2 Å². The molecule has 24 heavy (non-hydrogen) atoms. The molecule has 0 saturated carbocycles. The lowest BCUT2D eigenvalue weighted by atomic mass is 9.89. The van der Waals surface area contributed by atoms with Crippen molar-refractivity contribution in [1.82, 2.24) is 4.90 Å². The van der Waals surface area contributed by atoms with Gasteiger partial charge in [0.15, 0.2) is 0 Å². The van der Waals surface area contributed by atoms with E-state index >= 15 is 0 Å². The standard InChI is InChI=1S/C17H21BrF3NO2/c1-16(2,3)24-15(23)22-9-12(8-18)14(10-22)11-5-4-6-13(7-11)17(19,20)21/h4-7,12,14H,8-10H2,1-3H3/t12-,14+/m0/s1. The van der Waals surface area contributed by atoms with Gasteiger partial charge in [0.2, 0.25) is 0 Å². The van der Waals surface area contributed by atoms with Crippen LogP contribution in [0.5, 0.6) is 0 Å². The summed E-state index contributed by atoms with van der Waals surface area (Å²) in [4.78, 5) is 13.8. The lowest BCUT2D eigenvalue weighted by molar-refractivity contribution is -0.137. The fourth-order valence-electron chi connectivity index (χ4n) is 2.83. The molecule has 1 aliphatic rings. The van der Waals surface area contributed by atoms with E-state index in [0.717, 1.165) is 6.07 Å². The van der Waals surface area contributed by atoms with Gasteiger partial charge in [-0.05, 0) is 38.3 Å². The topological polar surface area (TPSA) is 29.5 Å². The van der Waals surface area contributed by atoms with Crippen LogP contribution in [0.2, 0.25) is 0 Å². The van der Waals surface area contributed by atoms with Gasteiger partial charge in [0.25, 0.3) is 0 Å². The molecule has 1 heterocycles. The van der Waals surface area contributed by atoms with Crippen LogP contribution in [0.15, 0.2) is 24.3 Å². The number of carbonyl (C=O) groups is 1. The third kappa shape index (κ3) is 4.65. The largest absolute Gasteiger partial charge is 0.444 e. The number of amides is 1. The van der Waals surface area contributed by atoms with Crippen molar-refractivity contribution < 1.29 is 22.7 Å². The average Bonchev–Trinajstić information content (AvgIpc) is 2.89. The molecule has 7 heteroatoms. The molecule has 134 valence electrons. The maximum atomic E-state index is 12.9. The normalized spacial score (nSPS) is 21.9. The van der Waals surface area contributed by atoms with Crippen molar-refractivity contribution in [2.45, 2.75) is 38.5 Å². The number of carbonyl (C=O) groups excluding carboxylic acids is 1. The Morgan fingerprint density at radius 2 is 1.96 bits per heavy atom. The molecular formula is C17H21BrF3NO2. The number of benzene rings is 1. The summed E-state index contributed by atoms with van der Waals surface area (Å²) in [6, 6.07) is 5.35. The van der Waals surface area contributed by atoms with Gasteiger partial charge in [-0.1, -0.05) is 34.1 Å². The van der Waals surface area contributed by atoms with Gasteiger partial charge in [0.1, 0.15) is 5.60 Å². The third-order valence-electron chi connectivity index (χ3n) is 3.93. The number of ether oxygens (including phenoxy) is 1. The first-order valence-corrected chi connectivity index (χ1v) is 8.84. The lowest BCUT2D eigenvalue weighted by Crippen LogP contribution is -2.35. The summed E-state index contributed by atoms with van der Waals surface area (Å²) in [5.74, 6) is -0.111. The summed E-state index contributed by atoms with van der Waals surface area (Å²) in [6.07, 6.45) is -4.80. The van der Waals surface area contributed by atoms with E-state index in [1.54, 1.807) is 31.7 Å². The second kappa shape index (κ2) is 6.94. The Labute approximate surface area is 148 Å². The van der Waals surface area contributed by atoms with Crippen molar-refractivity contribution in [2.75, 3.05) is 18.4 Å². The first-order chi connectivity index (χ1) is 11.0. The molecule has 0 spiro atoms. The van der Waals surface area contributed by atoms with Crippen molar-refractivity contribution in [2.24, 2.45) is 5.92 Å². The van der Waals surface area contributed by atoms with E-state index in [4.69, 9.17) is 4.74 Å². The number of likely N-dealkylation sites (tertiary alicyclic amines) is 1. The molecule has 0 aromatic heterocycles. The molecule has 0 N–H and O–H groups in total. The molecule has 0 aliphatic carbocycles. The van der Waals surface area contributed by atoms with E-state index in [0.29, 0.717) is 24.0 Å². The van der Waals surface area contributed by atoms with Gasteiger partial charge in [-0.3, -0.25) is 0 Å². The van der Waals surface area contributed by atoms with Crippen molar-refractivity contribution in [3.63, 3.8) is 0 Å². The molecule has 1 aromatic carbocycles. The molecule has 0 radical (unpaired) electrons. The zero-order chi connectivity index (χ0) is 18.1. The Bertz CT molecular complexity index is 598. The highest BCUT2D eigenvalue weighted by atomic mass is 79.9. The van der Waals surface area contributed by atoms with E-state index in [1.165, 1.54) is 12.1 Å². The van der Waals surface area contributed by atoms with E-state index in [-0.39, 0.29) is 11.8 Å². The van der Waals surface area contributed by atoms with Crippen LogP contribution in [-0.4, -0.2) is 35.0 Å². The highest BCUT2D eigenvalue weighted by Crippen LogP contribution is 2.37. The minimum Gasteiger partial charge on any atom is -0.444 e. The summed E-state index contributed by atoms with van der Waals surface area (Å²) < 4.78 is 44.2. The van der Waals surface area contributed by atoms with Crippen LogP contribution in [-0.2, 0) is 10.9 Å². The van der Waals surface area contributed by atoms with Crippen molar-refractivity contribution >= 4 is 22.0 Å². The van der Waals surface area contributed by atoms with Gasteiger partial charge >= 0.3 is 12.3 Å². The van der Waals surface area contributed by atoms with Gasteiger partial charge < -0.3 is 9.64 Å². The summed E-state index contributed by atoms with van der Waals surface area (Å²) in [7, 11) is 0. The second-order valence-electron chi connectivity index (χ2n) is 7.03. The number of nitrogens with zero attached hydrogens (tertiary/aromatic N) is 1. The predicted octanol–water partition coefficient (Wildman–Crippen LogP) is 5.05. The molecule has 3 nitrogen and oxygen atoms in total. The van der Waals surface area contributed by atoms with Crippen LogP contribution in [0.4, 0.5) is 18.0 Å². The first-order valence-electron chi connectivity index (χ1n) is 7.72. The lowest BCUT2D eigenvalue weighted by Gasteiger charge is -2.24. The Morgan fingerprint density at radius 3 is 2.50 bits per heavy atom. The SMILES string of the molecule is CC(C)(C)OC(=O)N1C[C@H](CBr)[C@@H](c2cccc(C(F)(F)F)c2)C1. The second-order valence-corrected chi connectivity index (χ2v) is 7.68. The van der Waals surface area contributed by atoms with Crippen LogP contribution < -0.4 is 0 Å². The van der Waals surface area contributed by atoms with Gasteiger partial charge in [0, 0.05) is 24.3 Å². The number of alkyl halides is 4. The Kier molecular flexibility index (Phi) is 5.52. The number of rotatable bonds is 2. The fourth-order valence-corrected chi connectivity index (χ4v) is 3.48. The number of hydrogen-bond donors (Lipinski definition) is 0. The minimum absolute atomic E-state index is 0.0426. The van der Waals surface area contributed by atoms with Crippen molar-refractivity contribution in [1.29, 1.82) is 0 Å². The quantitative estimate of drug-likeness (QED) is 0.641. The highest BCUT2D eigenvalue weighted by molar-refractivity contribution is 9.09. The Balaban J connectivity index is 2.20. The molecule has 0 bridgehead atoms. The van der Waals surface area contributed by atoms with E-state index in [1.807, 2.05) is 0 Å². The third-order valence-corrected chi connectivity index (χ3v) is 4.76. The van der Waals surface area contributed by atoms with Crippen LogP contribution in [0.3, 0.4) is 0 Å². The van der Waals surface area contributed by atoms with E-state index in [9.17, 15) is 18.0 Å². The smallest absolute Gasteiger partial charge is 0.416 e. The molecule has 2 atom stereocenters. The zero-order valence-electron chi connectivity index (χ0n) is 13.9. The molecule has 1 aliphatic heterocycles. The fraction of sp³-hybridized carbons (Fsp3) is 0.588. The van der Waals surface area contributed by atoms with Crippen molar-refractivity contribution in [3.05, 3.63) is 35.4 Å². The summed E-state index contributed by atoms with van der Waals surface area (Å²) >= 11 is 3.41. The van der Waals surface area contributed by atoms with Crippen LogP contribution in [0.1, 0.15) is 37.8 Å².